The molecule has 0 bridgehead atoms. The molecule has 2 saturated carbocycles. The van der Waals surface area contributed by atoms with Gasteiger partial charge in [0.15, 0.2) is 0 Å². The lowest BCUT2D eigenvalue weighted by Gasteiger charge is -2.25. The molecule has 0 radical (unpaired) electrons. The summed E-state index contributed by atoms with van der Waals surface area (Å²) in [4.78, 5) is 0. The molecule has 0 amide bonds. The maximum Gasteiger partial charge on any atom is 0.124 e. The van der Waals surface area contributed by atoms with E-state index in [-0.39, 0.29) is 0 Å². The fourth-order valence-corrected chi connectivity index (χ4v) is 3.07. The molecule has 1 aromatic carbocycles. The highest BCUT2D eigenvalue weighted by Crippen LogP contribution is 2.45. The molecule has 1 aromatic rings. The molecule has 3 rings (SSSR count). The molecule has 2 nitrogen and oxygen atoms in total. The first kappa shape index (κ1) is 13.0. The van der Waals surface area contributed by atoms with Crippen molar-refractivity contribution in [3.05, 3.63) is 29.8 Å². The van der Waals surface area contributed by atoms with Crippen LogP contribution >= 0.6 is 0 Å². The SMILES string of the molecule is CCOc1ccccc1C(C)NC(C1CC1)C1CC1. The lowest BCUT2D eigenvalue weighted by atomic mass is 10.0. The van der Waals surface area contributed by atoms with E-state index in [1.165, 1.54) is 31.2 Å². The van der Waals surface area contributed by atoms with Gasteiger partial charge in [-0.15, -0.1) is 0 Å². The zero-order chi connectivity index (χ0) is 13.2. The molecule has 2 fully saturated rings. The molecule has 0 saturated heterocycles. The quantitative estimate of drug-likeness (QED) is 0.801. The third-order valence-corrected chi connectivity index (χ3v) is 4.39. The summed E-state index contributed by atoms with van der Waals surface area (Å²) in [6.07, 6.45) is 5.70. The molecule has 2 aliphatic carbocycles. The molecule has 0 heterocycles. The standard InChI is InChI=1S/C17H25NO/c1-3-19-16-7-5-4-6-15(16)12(2)18-17(13-8-9-13)14-10-11-14/h4-7,12-14,17-18H,3,8-11H2,1-2H3. The third kappa shape index (κ3) is 3.11. The van der Waals surface area contributed by atoms with Gasteiger partial charge in [0.05, 0.1) is 6.61 Å². The third-order valence-electron chi connectivity index (χ3n) is 4.39. The fraction of sp³-hybridized carbons (Fsp3) is 0.647. The summed E-state index contributed by atoms with van der Waals surface area (Å²) in [6, 6.07) is 9.57. The van der Waals surface area contributed by atoms with Crippen LogP contribution in [0.2, 0.25) is 0 Å². The first-order chi connectivity index (χ1) is 9.29. The number of benzene rings is 1. The normalized spacial score (nSPS) is 20.6. The second-order valence-electron chi connectivity index (χ2n) is 6.06. The average molecular weight is 259 g/mol. The Kier molecular flexibility index (Phi) is 3.79. The van der Waals surface area contributed by atoms with Gasteiger partial charge >= 0.3 is 0 Å². The second kappa shape index (κ2) is 5.54. The highest BCUT2D eigenvalue weighted by atomic mass is 16.5. The smallest absolute Gasteiger partial charge is 0.124 e. The Morgan fingerprint density at radius 3 is 2.37 bits per heavy atom. The molecule has 2 aliphatic rings. The van der Waals surface area contributed by atoms with E-state index in [0.717, 1.165) is 30.2 Å². The van der Waals surface area contributed by atoms with Gasteiger partial charge in [0.1, 0.15) is 5.75 Å². The Morgan fingerprint density at radius 1 is 1.16 bits per heavy atom. The van der Waals surface area contributed by atoms with E-state index in [4.69, 9.17) is 4.74 Å². The van der Waals surface area contributed by atoms with Crippen molar-refractivity contribution in [3.63, 3.8) is 0 Å². The van der Waals surface area contributed by atoms with E-state index < -0.39 is 0 Å². The molecule has 0 aromatic heterocycles. The van der Waals surface area contributed by atoms with E-state index in [9.17, 15) is 0 Å². The molecule has 0 spiro atoms. The number of hydrogen-bond donors (Lipinski definition) is 1. The minimum absolute atomic E-state index is 0.383. The van der Waals surface area contributed by atoms with Crippen LogP contribution < -0.4 is 10.1 Å². The van der Waals surface area contributed by atoms with Gasteiger partial charge in [-0.3, -0.25) is 0 Å². The van der Waals surface area contributed by atoms with Crippen LogP contribution in [-0.2, 0) is 0 Å². The monoisotopic (exact) mass is 259 g/mol. The molecule has 0 aliphatic heterocycles. The van der Waals surface area contributed by atoms with Crippen molar-refractivity contribution in [2.24, 2.45) is 11.8 Å². The summed E-state index contributed by atoms with van der Waals surface area (Å²) in [5.74, 6) is 2.92. The van der Waals surface area contributed by atoms with Crippen molar-refractivity contribution in [1.82, 2.24) is 5.32 Å². The molecule has 104 valence electrons. The minimum atomic E-state index is 0.383. The van der Waals surface area contributed by atoms with Gasteiger partial charge in [-0.1, -0.05) is 18.2 Å². The Balaban J connectivity index is 1.70. The van der Waals surface area contributed by atoms with E-state index in [1.54, 1.807) is 0 Å². The number of nitrogens with one attached hydrogen (secondary N) is 1. The summed E-state index contributed by atoms with van der Waals surface area (Å²) >= 11 is 0. The van der Waals surface area contributed by atoms with Crippen LogP contribution in [0.15, 0.2) is 24.3 Å². The molecular formula is C17H25NO. The lowest BCUT2D eigenvalue weighted by molar-refractivity contribution is 0.324. The number of rotatable bonds is 7. The topological polar surface area (TPSA) is 21.3 Å². The molecule has 1 atom stereocenters. The Hall–Kier alpha value is -1.02. The van der Waals surface area contributed by atoms with Crippen LogP contribution in [0.5, 0.6) is 5.75 Å². The van der Waals surface area contributed by atoms with Crippen LogP contribution in [0.25, 0.3) is 0 Å². The summed E-state index contributed by atoms with van der Waals surface area (Å²) in [7, 11) is 0. The summed E-state index contributed by atoms with van der Waals surface area (Å²) in [6.45, 7) is 5.06. The van der Waals surface area contributed by atoms with Crippen molar-refractivity contribution in [3.8, 4) is 5.75 Å². The van der Waals surface area contributed by atoms with E-state index in [2.05, 4.69) is 36.5 Å². The highest BCUT2D eigenvalue weighted by molar-refractivity contribution is 5.35. The van der Waals surface area contributed by atoms with Crippen molar-refractivity contribution in [2.75, 3.05) is 6.61 Å². The molecule has 1 unspecified atom stereocenters. The first-order valence-corrected chi connectivity index (χ1v) is 7.77. The predicted molar refractivity (Wildman–Crippen MR) is 78.4 cm³/mol. The largest absolute Gasteiger partial charge is 0.494 e. The molecule has 1 N–H and O–H groups in total. The van der Waals surface area contributed by atoms with E-state index in [1.807, 2.05) is 6.92 Å². The van der Waals surface area contributed by atoms with Crippen molar-refractivity contribution < 1.29 is 4.74 Å². The van der Waals surface area contributed by atoms with Gasteiger partial charge in [0.2, 0.25) is 0 Å². The van der Waals surface area contributed by atoms with Crippen molar-refractivity contribution >= 4 is 0 Å². The molecule has 2 heteroatoms. The number of ether oxygens (including phenoxy) is 1. The first-order valence-electron chi connectivity index (χ1n) is 7.77. The summed E-state index contributed by atoms with van der Waals surface area (Å²) in [5, 5.41) is 3.88. The van der Waals surface area contributed by atoms with E-state index in [0.29, 0.717) is 6.04 Å². The summed E-state index contributed by atoms with van der Waals surface area (Å²) in [5.41, 5.74) is 1.30. The zero-order valence-corrected chi connectivity index (χ0v) is 12.1. The van der Waals surface area contributed by atoms with Crippen LogP contribution in [0.3, 0.4) is 0 Å². The molecular weight excluding hydrogens is 234 g/mol. The lowest BCUT2D eigenvalue weighted by Crippen LogP contribution is -2.35. The predicted octanol–water partition coefficient (Wildman–Crippen LogP) is 3.92. The van der Waals surface area contributed by atoms with Crippen molar-refractivity contribution in [1.29, 1.82) is 0 Å². The Bertz CT molecular complexity index is 411. The van der Waals surface area contributed by atoms with Crippen LogP contribution in [0, 0.1) is 11.8 Å². The Morgan fingerprint density at radius 2 is 1.79 bits per heavy atom. The van der Waals surface area contributed by atoms with Crippen LogP contribution in [0.4, 0.5) is 0 Å². The maximum atomic E-state index is 5.75. The van der Waals surface area contributed by atoms with Gasteiger partial charge in [0, 0.05) is 17.6 Å². The van der Waals surface area contributed by atoms with Crippen LogP contribution in [-0.4, -0.2) is 12.6 Å². The molecule has 19 heavy (non-hydrogen) atoms. The van der Waals surface area contributed by atoms with Gasteiger partial charge in [-0.2, -0.15) is 0 Å². The Labute approximate surface area is 116 Å². The summed E-state index contributed by atoms with van der Waals surface area (Å²) < 4.78 is 5.75. The van der Waals surface area contributed by atoms with Gasteiger partial charge < -0.3 is 10.1 Å². The number of para-hydroxylation sites is 1. The van der Waals surface area contributed by atoms with Crippen molar-refractivity contribution in [2.45, 2.75) is 51.6 Å². The van der Waals surface area contributed by atoms with Gasteiger partial charge in [-0.05, 0) is 57.4 Å². The highest BCUT2D eigenvalue weighted by Gasteiger charge is 2.41. The zero-order valence-electron chi connectivity index (χ0n) is 12.1. The van der Waals surface area contributed by atoms with Crippen LogP contribution in [0.1, 0.15) is 51.1 Å². The van der Waals surface area contributed by atoms with E-state index >= 15 is 0 Å². The fourth-order valence-electron chi connectivity index (χ4n) is 3.07. The number of hydrogen-bond acceptors (Lipinski definition) is 2. The average Bonchev–Trinajstić information content (AvgIpc) is 3.30. The maximum absolute atomic E-state index is 5.75. The second-order valence-corrected chi connectivity index (χ2v) is 6.06. The van der Waals surface area contributed by atoms with Gasteiger partial charge in [-0.25, -0.2) is 0 Å². The minimum Gasteiger partial charge on any atom is -0.494 e. The van der Waals surface area contributed by atoms with Gasteiger partial charge in [0.25, 0.3) is 0 Å².